The molecule has 1 aromatic heterocycles. The number of hydrogen-bond donors (Lipinski definition) is 2. The van der Waals surface area contributed by atoms with Crippen LogP contribution in [0.1, 0.15) is 68.9 Å². The van der Waals surface area contributed by atoms with Gasteiger partial charge in [-0.3, -0.25) is 0 Å². The van der Waals surface area contributed by atoms with Crippen LogP contribution in [0.2, 0.25) is 0 Å². The molecule has 0 fully saturated rings. The lowest BCUT2D eigenvalue weighted by atomic mass is 10.1. The summed E-state index contributed by atoms with van der Waals surface area (Å²) >= 11 is 1.65. The Kier molecular flexibility index (Phi) is 11.5. The highest BCUT2D eigenvalue weighted by Crippen LogP contribution is 2.24. The zero-order valence-corrected chi connectivity index (χ0v) is 14.7. The number of nitrogens with one attached hydrogen (secondary N) is 1. The van der Waals surface area contributed by atoms with Gasteiger partial charge in [0.15, 0.2) is 0 Å². The number of rotatable bonds is 10. The van der Waals surface area contributed by atoms with E-state index in [1.54, 1.807) is 11.3 Å². The minimum atomic E-state index is -0.376. The minimum Gasteiger partial charge on any atom is -0.386 e. The van der Waals surface area contributed by atoms with E-state index in [2.05, 4.69) is 37.5 Å². The summed E-state index contributed by atoms with van der Waals surface area (Å²) in [7, 11) is 0. The topological polar surface area (TPSA) is 32.3 Å². The molecule has 0 aliphatic rings. The summed E-state index contributed by atoms with van der Waals surface area (Å²) in [5, 5.41) is 15.8. The number of thiophene rings is 1. The van der Waals surface area contributed by atoms with E-state index in [4.69, 9.17) is 0 Å². The molecular formula is C16H30ClNOS. The molecule has 20 heavy (non-hydrogen) atoms. The molecule has 1 aromatic rings. The molecule has 0 aliphatic carbocycles. The first-order valence-corrected chi connectivity index (χ1v) is 8.49. The van der Waals surface area contributed by atoms with Crippen molar-refractivity contribution in [3.8, 4) is 0 Å². The molecule has 0 saturated heterocycles. The highest BCUT2D eigenvalue weighted by Gasteiger charge is 2.16. The van der Waals surface area contributed by atoms with Crippen LogP contribution in [0, 0.1) is 6.92 Å². The molecule has 4 heteroatoms. The third kappa shape index (κ3) is 7.63. The smallest absolute Gasteiger partial charge is 0.103 e. The highest BCUT2D eigenvalue weighted by atomic mass is 35.5. The maximum Gasteiger partial charge on any atom is 0.103 e. The first kappa shape index (κ1) is 19.9. The van der Waals surface area contributed by atoms with Crippen LogP contribution < -0.4 is 5.32 Å². The van der Waals surface area contributed by atoms with Crippen molar-refractivity contribution in [2.75, 3.05) is 6.54 Å². The Bertz CT molecular complexity index is 343. The summed E-state index contributed by atoms with van der Waals surface area (Å²) in [6.07, 6.45) is 7.51. The zero-order valence-electron chi connectivity index (χ0n) is 13.0. The van der Waals surface area contributed by atoms with Gasteiger partial charge in [0.2, 0.25) is 0 Å². The number of aryl methyl sites for hydroxylation is 1. The number of hydrogen-bond acceptors (Lipinski definition) is 3. The van der Waals surface area contributed by atoms with Crippen LogP contribution in [0.5, 0.6) is 0 Å². The van der Waals surface area contributed by atoms with Crippen molar-refractivity contribution >= 4 is 23.7 Å². The fourth-order valence-electron chi connectivity index (χ4n) is 2.20. The summed E-state index contributed by atoms with van der Waals surface area (Å²) in [6.45, 7) is 7.39. The average Bonchev–Trinajstić information content (AvgIpc) is 2.83. The third-order valence-corrected chi connectivity index (χ3v) is 4.63. The summed E-state index contributed by atoms with van der Waals surface area (Å²) in [5.74, 6) is 0. The molecule has 0 spiro atoms. The second-order valence-corrected chi connectivity index (χ2v) is 6.42. The summed E-state index contributed by atoms with van der Waals surface area (Å²) in [4.78, 5) is 1.07. The normalized spacial score (nSPS) is 13.8. The molecule has 0 bridgehead atoms. The van der Waals surface area contributed by atoms with Crippen molar-refractivity contribution in [3.05, 3.63) is 21.9 Å². The number of unbranched alkanes of at least 4 members (excludes halogenated alkanes) is 5. The molecule has 2 atom stereocenters. The van der Waals surface area contributed by atoms with Gasteiger partial charge in [0, 0.05) is 10.9 Å². The number of halogens is 1. The molecule has 0 aliphatic heterocycles. The van der Waals surface area contributed by atoms with Crippen LogP contribution in [0.25, 0.3) is 0 Å². The predicted octanol–water partition coefficient (Wildman–Crippen LogP) is 4.85. The molecule has 0 amide bonds. The van der Waals surface area contributed by atoms with Crippen LogP contribution in [-0.4, -0.2) is 17.7 Å². The maximum atomic E-state index is 10.2. The van der Waals surface area contributed by atoms with Gasteiger partial charge in [-0.25, -0.2) is 0 Å². The maximum absolute atomic E-state index is 10.2. The first-order chi connectivity index (χ1) is 9.15. The van der Waals surface area contributed by atoms with Gasteiger partial charge in [-0.1, -0.05) is 39.0 Å². The molecule has 2 nitrogen and oxygen atoms in total. The van der Waals surface area contributed by atoms with Crippen LogP contribution in [-0.2, 0) is 0 Å². The Morgan fingerprint density at radius 1 is 1.20 bits per heavy atom. The molecule has 2 N–H and O–H groups in total. The third-order valence-electron chi connectivity index (χ3n) is 3.51. The van der Waals surface area contributed by atoms with E-state index in [0.717, 1.165) is 11.4 Å². The molecule has 0 radical (unpaired) electrons. The Balaban J connectivity index is 0.00000361. The first-order valence-electron chi connectivity index (χ1n) is 7.61. The van der Waals surface area contributed by atoms with Gasteiger partial charge >= 0.3 is 0 Å². The lowest BCUT2D eigenvalue weighted by molar-refractivity contribution is 0.139. The Morgan fingerprint density at radius 3 is 2.45 bits per heavy atom. The fourth-order valence-corrected chi connectivity index (χ4v) is 3.19. The SMILES string of the molecule is CCCCCCCCNC(C)C(O)c1cc(C)cs1.Cl. The second-order valence-electron chi connectivity index (χ2n) is 5.48. The van der Waals surface area contributed by atoms with Crippen LogP contribution in [0.3, 0.4) is 0 Å². The van der Waals surface area contributed by atoms with Gasteiger partial charge in [0.25, 0.3) is 0 Å². The predicted molar refractivity (Wildman–Crippen MR) is 92.1 cm³/mol. The Hall–Kier alpha value is -0.0900. The van der Waals surface area contributed by atoms with E-state index in [1.165, 1.54) is 44.1 Å². The summed E-state index contributed by atoms with van der Waals surface area (Å²) in [5.41, 5.74) is 1.24. The van der Waals surface area contributed by atoms with E-state index in [0.29, 0.717) is 0 Å². The van der Waals surface area contributed by atoms with Crippen molar-refractivity contribution in [3.63, 3.8) is 0 Å². The van der Waals surface area contributed by atoms with Gasteiger partial charge in [0.1, 0.15) is 6.10 Å². The van der Waals surface area contributed by atoms with Crippen LogP contribution >= 0.6 is 23.7 Å². The molecule has 0 saturated carbocycles. The lowest BCUT2D eigenvalue weighted by Gasteiger charge is -2.19. The summed E-state index contributed by atoms with van der Waals surface area (Å²) < 4.78 is 0. The van der Waals surface area contributed by atoms with Gasteiger partial charge in [-0.2, -0.15) is 0 Å². The van der Waals surface area contributed by atoms with E-state index < -0.39 is 0 Å². The van der Waals surface area contributed by atoms with Crippen molar-refractivity contribution in [2.45, 2.75) is 71.4 Å². The molecule has 2 unspecified atom stereocenters. The van der Waals surface area contributed by atoms with Gasteiger partial charge in [0.05, 0.1) is 0 Å². The monoisotopic (exact) mass is 319 g/mol. The molecule has 1 heterocycles. The van der Waals surface area contributed by atoms with E-state index >= 15 is 0 Å². The van der Waals surface area contributed by atoms with Gasteiger partial charge in [-0.05, 0) is 43.8 Å². The lowest BCUT2D eigenvalue weighted by Crippen LogP contribution is -2.32. The van der Waals surface area contributed by atoms with Crippen LogP contribution in [0.4, 0.5) is 0 Å². The summed E-state index contributed by atoms with van der Waals surface area (Å²) in [6, 6.07) is 2.21. The Labute approximate surface area is 134 Å². The average molecular weight is 320 g/mol. The number of aliphatic hydroxyl groups is 1. The standard InChI is InChI=1S/C16H29NOS.ClH/c1-4-5-6-7-8-9-10-17-14(3)16(18)15-11-13(2)12-19-15;/h11-12,14,16-18H,4-10H2,1-3H3;1H. The van der Waals surface area contributed by atoms with E-state index in [9.17, 15) is 5.11 Å². The molecule has 1 rings (SSSR count). The van der Waals surface area contributed by atoms with Crippen molar-refractivity contribution in [1.82, 2.24) is 5.32 Å². The van der Waals surface area contributed by atoms with Crippen molar-refractivity contribution in [1.29, 1.82) is 0 Å². The molecule has 118 valence electrons. The quantitative estimate of drug-likeness (QED) is 0.604. The molecule has 0 aromatic carbocycles. The Morgan fingerprint density at radius 2 is 1.85 bits per heavy atom. The minimum absolute atomic E-state index is 0. The fraction of sp³-hybridized carbons (Fsp3) is 0.750. The van der Waals surface area contributed by atoms with Crippen molar-refractivity contribution in [2.24, 2.45) is 0 Å². The van der Waals surface area contributed by atoms with Crippen LogP contribution in [0.15, 0.2) is 11.4 Å². The van der Waals surface area contributed by atoms with E-state index in [1.807, 2.05) is 0 Å². The molecular weight excluding hydrogens is 290 g/mol. The van der Waals surface area contributed by atoms with E-state index in [-0.39, 0.29) is 24.6 Å². The number of aliphatic hydroxyl groups excluding tert-OH is 1. The zero-order chi connectivity index (χ0) is 14.1. The largest absolute Gasteiger partial charge is 0.386 e. The van der Waals surface area contributed by atoms with Gasteiger partial charge in [-0.15, -0.1) is 23.7 Å². The second kappa shape index (κ2) is 11.6. The van der Waals surface area contributed by atoms with Crippen molar-refractivity contribution < 1.29 is 5.11 Å². The van der Waals surface area contributed by atoms with Gasteiger partial charge < -0.3 is 10.4 Å². The highest BCUT2D eigenvalue weighted by molar-refractivity contribution is 7.10.